The van der Waals surface area contributed by atoms with E-state index in [0.717, 1.165) is 45.3 Å². The molecule has 67 heavy (non-hydrogen) atoms. The van der Waals surface area contributed by atoms with E-state index in [9.17, 15) is 0 Å². The lowest BCUT2D eigenvalue weighted by molar-refractivity contribution is 0.660. The standard InChI is InChI=1S/C65H52N2/c1-45-15-11-12-20-59(45)60-41-39-57(43-46(60)2)67(58-40-42-62-61-21-13-14-22-63(61)65(3,4)64(62)44-58)56-37-29-52(30-38-56)51-27-35-55(36-28-51)66(53-31-23-49(24-32-53)47-16-7-5-8-17-47)54-33-25-50(26-34-54)48-18-9-6-10-19-48/h5-44H,1-4H3. The fraction of sp³-hybridized carbons (Fsp3) is 0.0769. The minimum Gasteiger partial charge on any atom is -0.311 e. The van der Waals surface area contributed by atoms with Crippen molar-refractivity contribution in [1.29, 1.82) is 0 Å². The highest BCUT2D eigenvalue weighted by molar-refractivity contribution is 5.87. The van der Waals surface area contributed by atoms with Crippen molar-refractivity contribution in [2.45, 2.75) is 33.1 Å². The van der Waals surface area contributed by atoms with E-state index >= 15 is 0 Å². The lowest BCUT2D eigenvalue weighted by Crippen LogP contribution is -2.16. The summed E-state index contributed by atoms with van der Waals surface area (Å²) in [7, 11) is 0. The highest BCUT2D eigenvalue weighted by Crippen LogP contribution is 2.51. The molecule has 0 fully saturated rings. The molecular formula is C65H52N2. The maximum Gasteiger partial charge on any atom is 0.0465 e. The molecule has 2 heteroatoms. The molecule has 10 aromatic carbocycles. The number of hydrogen-bond donors (Lipinski definition) is 0. The fourth-order valence-electron chi connectivity index (χ4n) is 10.2. The Balaban J connectivity index is 0.941. The van der Waals surface area contributed by atoms with Gasteiger partial charge >= 0.3 is 0 Å². The molecule has 0 bridgehead atoms. The number of hydrogen-bond acceptors (Lipinski definition) is 2. The van der Waals surface area contributed by atoms with Gasteiger partial charge in [-0.2, -0.15) is 0 Å². The molecule has 0 saturated carbocycles. The summed E-state index contributed by atoms with van der Waals surface area (Å²) in [5.74, 6) is 0. The third-order valence-corrected chi connectivity index (χ3v) is 13.8. The summed E-state index contributed by atoms with van der Waals surface area (Å²) in [6, 6.07) is 88.5. The molecule has 0 radical (unpaired) electrons. The van der Waals surface area contributed by atoms with E-state index < -0.39 is 0 Å². The van der Waals surface area contributed by atoms with Crippen molar-refractivity contribution in [1.82, 2.24) is 0 Å². The third-order valence-electron chi connectivity index (χ3n) is 13.8. The van der Waals surface area contributed by atoms with Crippen LogP contribution in [-0.4, -0.2) is 0 Å². The Morgan fingerprint density at radius 1 is 0.254 bits per heavy atom. The normalized spacial score (nSPS) is 12.3. The Bertz CT molecular complexity index is 3270. The molecule has 1 aliphatic rings. The molecule has 0 unspecified atom stereocenters. The average Bonchev–Trinajstić information content (AvgIpc) is 3.61. The van der Waals surface area contributed by atoms with Gasteiger partial charge in [-0.3, -0.25) is 0 Å². The maximum absolute atomic E-state index is 2.42. The van der Waals surface area contributed by atoms with Crippen LogP contribution in [0.4, 0.5) is 34.1 Å². The number of aryl methyl sites for hydroxylation is 2. The Kier molecular flexibility index (Phi) is 10.7. The molecule has 0 aromatic heterocycles. The highest BCUT2D eigenvalue weighted by Gasteiger charge is 2.35. The number of nitrogens with zero attached hydrogens (tertiary/aromatic N) is 2. The first kappa shape index (κ1) is 41.5. The van der Waals surface area contributed by atoms with Crippen LogP contribution in [0.25, 0.3) is 55.6 Å². The molecular weight excluding hydrogens is 809 g/mol. The second-order valence-corrected chi connectivity index (χ2v) is 18.3. The molecule has 11 rings (SSSR count). The van der Waals surface area contributed by atoms with Gasteiger partial charge in [0.25, 0.3) is 0 Å². The summed E-state index contributed by atoms with van der Waals surface area (Å²) >= 11 is 0. The fourth-order valence-corrected chi connectivity index (χ4v) is 10.2. The van der Waals surface area contributed by atoms with Crippen LogP contribution in [0.2, 0.25) is 0 Å². The Morgan fingerprint density at radius 2 is 0.582 bits per heavy atom. The topological polar surface area (TPSA) is 6.48 Å². The van der Waals surface area contributed by atoms with Crippen LogP contribution in [0.1, 0.15) is 36.1 Å². The predicted molar refractivity (Wildman–Crippen MR) is 285 cm³/mol. The van der Waals surface area contributed by atoms with Gasteiger partial charge in [0.1, 0.15) is 0 Å². The van der Waals surface area contributed by atoms with Crippen LogP contribution in [0.5, 0.6) is 0 Å². The van der Waals surface area contributed by atoms with E-state index in [0.29, 0.717) is 0 Å². The van der Waals surface area contributed by atoms with Crippen molar-refractivity contribution in [2.75, 3.05) is 9.80 Å². The summed E-state index contributed by atoms with van der Waals surface area (Å²) in [5.41, 5.74) is 24.2. The molecule has 2 nitrogen and oxygen atoms in total. The summed E-state index contributed by atoms with van der Waals surface area (Å²) in [4.78, 5) is 4.77. The lowest BCUT2D eigenvalue weighted by atomic mass is 9.82. The van der Waals surface area contributed by atoms with Gasteiger partial charge in [0, 0.05) is 39.5 Å². The lowest BCUT2D eigenvalue weighted by Gasteiger charge is -2.29. The molecule has 322 valence electrons. The van der Waals surface area contributed by atoms with E-state index in [1.54, 1.807) is 0 Å². The van der Waals surface area contributed by atoms with Crippen molar-refractivity contribution in [3.63, 3.8) is 0 Å². The summed E-state index contributed by atoms with van der Waals surface area (Å²) < 4.78 is 0. The molecule has 0 saturated heterocycles. The van der Waals surface area contributed by atoms with Crippen molar-refractivity contribution >= 4 is 34.1 Å². The van der Waals surface area contributed by atoms with Gasteiger partial charge in [-0.25, -0.2) is 0 Å². The SMILES string of the molecule is Cc1ccccc1-c1ccc(N(c2ccc(-c3ccc(N(c4ccc(-c5ccccc5)cc4)c4ccc(-c5ccccc5)cc4)cc3)cc2)c2ccc3c(c2)C(C)(C)c2ccccc2-3)cc1C. The Morgan fingerprint density at radius 3 is 1.04 bits per heavy atom. The minimum atomic E-state index is -0.110. The summed E-state index contributed by atoms with van der Waals surface area (Å²) in [5, 5.41) is 0. The van der Waals surface area contributed by atoms with E-state index in [-0.39, 0.29) is 5.41 Å². The van der Waals surface area contributed by atoms with Gasteiger partial charge in [0.2, 0.25) is 0 Å². The average molecular weight is 861 g/mol. The van der Waals surface area contributed by atoms with Gasteiger partial charge in [0.05, 0.1) is 0 Å². The molecule has 0 atom stereocenters. The minimum absolute atomic E-state index is 0.110. The quantitative estimate of drug-likeness (QED) is 0.135. The van der Waals surface area contributed by atoms with Gasteiger partial charge < -0.3 is 9.80 Å². The third kappa shape index (κ3) is 7.81. The molecule has 0 amide bonds. The van der Waals surface area contributed by atoms with Crippen LogP contribution in [-0.2, 0) is 5.41 Å². The molecule has 1 aliphatic carbocycles. The van der Waals surface area contributed by atoms with Crippen LogP contribution in [0.15, 0.2) is 243 Å². The van der Waals surface area contributed by atoms with Gasteiger partial charge in [-0.05, 0) is 165 Å². The van der Waals surface area contributed by atoms with Crippen molar-refractivity contribution in [3.8, 4) is 55.6 Å². The monoisotopic (exact) mass is 860 g/mol. The first-order valence-electron chi connectivity index (χ1n) is 23.3. The zero-order valence-electron chi connectivity index (χ0n) is 38.5. The summed E-state index contributed by atoms with van der Waals surface area (Å²) in [6.07, 6.45) is 0. The molecule has 0 N–H and O–H groups in total. The highest BCUT2D eigenvalue weighted by atomic mass is 15.1. The van der Waals surface area contributed by atoms with E-state index in [2.05, 4.69) is 280 Å². The van der Waals surface area contributed by atoms with Crippen LogP contribution in [0, 0.1) is 13.8 Å². The second kappa shape index (κ2) is 17.3. The second-order valence-electron chi connectivity index (χ2n) is 18.3. The molecule has 10 aromatic rings. The van der Waals surface area contributed by atoms with Crippen LogP contribution >= 0.6 is 0 Å². The maximum atomic E-state index is 2.42. The largest absolute Gasteiger partial charge is 0.311 e. The van der Waals surface area contributed by atoms with Crippen LogP contribution < -0.4 is 9.80 Å². The smallest absolute Gasteiger partial charge is 0.0465 e. The first-order chi connectivity index (χ1) is 32.8. The molecule has 0 spiro atoms. The molecule has 0 aliphatic heterocycles. The first-order valence-corrected chi connectivity index (χ1v) is 23.3. The van der Waals surface area contributed by atoms with E-state index in [4.69, 9.17) is 0 Å². The summed E-state index contributed by atoms with van der Waals surface area (Å²) in [6.45, 7) is 9.14. The van der Waals surface area contributed by atoms with Crippen LogP contribution in [0.3, 0.4) is 0 Å². The van der Waals surface area contributed by atoms with E-state index in [1.807, 2.05) is 0 Å². The van der Waals surface area contributed by atoms with Gasteiger partial charge in [0.15, 0.2) is 0 Å². The van der Waals surface area contributed by atoms with Gasteiger partial charge in [-0.15, -0.1) is 0 Å². The predicted octanol–water partition coefficient (Wildman–Crippen LogP) is 18.2. The number of fused-ring (bicyclic) bond motifs is 3. The van der Waals surface area contributed by atoms with E-state index in [1.165, 1.54) is 66.8 Å². The zero-order chi connectivity index (χ0) is 45.5. The zero-order valence-corrected chi connectivity index (χ0v) is 38.5. The van der Waals surface area contributed by atoms with Crippen molar-refractivity contribution in [3.05, 3.63) is 265 Å². The Labute approximate surface area is 395 Å². The van der Waals surface area contributed by atoms with Crippen molar-refractivity contribution in [2.24, 2.45) is 0 Å². The number of anilines is 6. The number of rotatable bonds is 10. The van der Waals surface area contributed by atoms with Crippen molar-refractivity contribution < 1.29 is 0 Å². The number of benzene rings is 10. The molecule has 0 heterocycles. The Hall–Kier alpha value is -8.20. The van der Waals surface area contributed by atoms with Gasteiger partial charge in [-0.1, -0.05) is 184 Å².